The molecule has 0 saturated heterocycles. The van der Waals surface area contributed by atoms with Crippen LogP contribution in [-0.4, -0.2) is 32.5 Å². The molecule has 0 unspecified atom stereocenters. The highest BCUT2D eigenvalue weighted by Gasteiger charge is 2.22. The Hall–Kier alpha value is -2.45. The number of carbonyl (C=O) groups is 1. The van der Waals surface area contributed by atoms with E-state index in [1.54, 1.807) is 24.4 Å². The number of ether oxygens (including phenoxy) is 1. The molecule has 0 atom stereocenters. The van der Waals surface area contributed by atoms with Gasteiger partial charge in [0.05, 0.1) is 11.5 Å². The zero-order valence-electron chi connectivity index (χ0n) is 18.3. The van der Waals surface area contributed by atoms with Gasteiger partial charge < -0.3 is 10.1 Å². The van der Waals surface area contributed by atoms with E-state index in [-0.39, 0.29) is 29.2 Å². The van der Waals surface area contributed by atoms with Gasteiger partial charge in [-0.05, 0) is 47.4 Å². The molecule has 0 bridgehead atoms. The third-order valence-electron chi connectivity index (χ3n) is 5.13. The van der Waals surface area contributed by atoms with Gasteiger partial charge in [-0.2, -0.15) is 0 Å². The monoisotopic (exact) mass is 445 g/mol. The number of nitrogens with one attached hydrogen (secondary N) is 2. The van der Waals surface area contributed by atoms with Crippen LogP contribution in [0.4, 0.5) is 0 Å². The smallest absolute Gasteiger partial charge is 0.240 e. The number of rotatable bonds is 10. The van der Waals surface area contributed by atoms with Gasteiger partial charge >= 0.3 is 0 Å². The van der Waals surface area contributed by atoms with Crippen LogP contribution in [0.2, 0.25) is 0 Å². The van der Waals surface area contributed by atoms with Gasteiger partial charge in [0.1, 0.15) is 0 Å². The molecule has 31 heavy (non-hydrogen) atoms. The lowest BCUT2D eigenvalue weighted by atomic mass is 9.87. The SMILES string of the molecule is CC(C)(C)c1ccc(S(=O)(=O)NCCC(=O)NCc2ccc(OCC3CC3)nc2)cc1. The third kappa shape index (κ3) is 7.33. The van der Waals surface area contributed by atoms with Crippen molar-refractivity contribution in [3.05, 3.63) is 53.7 Å². The summed E-state index contributed by atoms with van der Waals surface area (Å²) in [5, 5.41) is 2.77. The molecule has 0 radical (unpaired) electrons. The van der Waals surface area contributed by atoms with Gasteiger partial charge in [-0.15, -0.1) is 0 Å². The number of nitrogens with zero attached hydrogens (tertiary/aromatic N) is 1. The molecular formula is C23H31N3O4S. The van der Waals surface area contributed by atoms with Crippen molar-refractivity contribution < 1.29 is 17.9 Å². The summed E-state index contributed by atoms with van der Waals surface area (Å²) in [6.07, 6.45) is 4.18. The molecule has 1 fully saturated rings. The lowest BCUT2D eigenvalue weighted by Gasteiger charge is -2.19. The van der Waals surface area contributed by atoms with Gasteiger partial charge in [0.25, 0.3) is 0 Å². The van der Waals surface area contributed by atoms with Gasteiger partial charge in [0, 0.05) is 31.8 Å². The van der Waals surface area contributed by atoms with Gasteiger partial charge in [0.2, 0.25) is 21.8 Å². The van der Waals surface area contributed by atoms with E-state index in [9.17, 15) is 13.2 Å². The molecule has 2 N–H and O–H groups in total. The molecule has 1 heterocycles. The number of amides is 1. The van der Waals surface area contributed by atoms with Crippen molar-refractivity contribution in [3.8, 4) is 5.88 Å². The van der Waals surface area contributed by atoms with E-state index >= 15 is 0 Å². The summed E-state index contributed by atoms with van der Waals surface area (Å²) in [6, 6.07) is 10.5. The summed E-state index contributed by atoms with van der Waals surface area (Å²) in [6.45, 7) is 7.28. The minimum atomic E-state index is -3.65. The first-order valence-corrected chi connectivity index (χ1v) is 12.1. The maximum absolute atomic E-state index is 12.4. The second-order valence-electron chi connectivity index (χ2n) is 8.96. The van der Waals surface area contributed by atoms with Crippen molar-refractivity contribution in [2.45, 2.75) is 56.9 Å². The number of hydrogen-bond acceptors (Lipinski definition) is 5. The van der Waals surface area contributed by atoms with Crippen molar-refractivity contribution in [1.82, 2.24) is 15.0 Å². The van der Waals surface area contributed by atoms with Crippen LogP contribution < -0.4 is 14.8 Å². The summed E-state index contributed by atoms with van der Waals surface area (Å²) >= 11 is 0. The number of pyridine rings is 1. The van der Waals surface area contributed by atoms with Crippen LogP contribution in [0.15, 0.2) is 47.5 Å². The molecule has 1 aromatic carbocycles. The van der Waals surface area contributed by atoms with Crippen molar-refractivity contribution in [2.24, 2.45) is 5.92 Å². The summed E-state index contributed by atoms with van der Waals surface area (Å²) in [5.41, 5.74) is 1.86. The van der Waals surface area contributed by atoms with E-state index in [1.807, 2.05) is 18.2 Å². The van der Waals surface area contributed by atoms with E-state index in [1.165, 1.54) is 12.8 Å². The van der Waals surface area contributed by atoms with E-state index < -0.39 is 10.0 Å². The molecule has 1 aromatic heterocycles. The molecular weight excluding hydrogens is 414 g/mol. The fourth-order valence-electron chi connectivity index (χ4n) is 2.89. The zero-order chi connectivity index (χ0) is 22.5. The summed E-state index contributed by atoms with van der Waals surface area (Å²) < 4.78 is 32.9. The Morgan fingerprint density at radius 2 is 1.84 bits per heavy atom. The van der Waals surface area contributed by atoms with Crippen molar-refractivity contribution in [2.75, 3.05) is 13.2 Å². The lowest BCUT2D eigenvalue weighted by Crippen LogP contribution is -2.30. The maximum Gasteiger partial charge on any atom is 0.240 e. The molecule has 168 valence electrons. The first-order chi connectivity index (χ1) is 14.6. The molecule has 1 aliphatic rings. The predicted octanol–water partition coefficient (Wildman–Crippen LogP) is 3.15. The fourth-order valence-corrected chi connectivity index (χ4v) is 3.93. The van der Waals surface area contributed by atoms with Crippen LogP contribution in [0.1, 0.15) is 51.2 Å². The summed E-state index contributed by atoms with van der Waals surface area (Å²) in [7, 11) is -3.65. The maximum atomic E-state index is 12.4. The highest BCUT2D eigenvalue weighted by atomic mass is 32.2. The second-order valence-corrected chi connectivity index (χ2v) is 10.7. The fraction of sp³-hybridized carbons (Fsp3) is 0.478. The Morgan fingerprint density at radius 3 is 2.42 bits per heavy atom. The van der Waals surface area contributed by atoms with Crippen molar-refractivity contribution in [3.63, 3.8) is 0 Å². The summed E-state index contributed by atoms with van der Waals surface area (Å²) in [4.78, 5) is 16.5. The molecule has 0 spiro atoms. The van der Waals surface area contributed by atoms with Crippen LogP contribution in [0.25, 0.3) is 0 Å². The highest BCUT2D eigenvalue weighted by Crippen LogP contribution is 2.29. The lowest BCUT2D eigenvalue weighted by molar-refractivity contribution is -0.121. The zero-order valence-corrected chi connectivity index (χ0v) is 19.2. The Labute approximate surface area is 184 Å². The van der Waals surface area contributed by atoms with Crippen molar-refractivity contribution in [1.29, 1.82) is 0 Å². The number of carbonyl (C=O) groups excluding carboxylic acids is 1. The van der Waals surface area contributed by atoms with Crippen molar-refractivity contribution >= 4 is 15.9 Å². The van der Waals surface area contributed by atoms with Gasteiger partial charge in [-0.3, -0.25) is 4.79 Å². The van der Waals surface area contributed by atoms with E-state index in [4.69, 9.17) is 4.74 Å². The normalized spacial score (nSPS) is 14.3. The largest absolute Gasteiger partial charge is 0.477 e. The topological polar surface area (TPSA) is 97.4 Å². The Kier molecular flexibility index (Phi) is 7.33. The molecule has 0 aliphatic heterocycles. The summed E-state index contributed by atoms with van der Waals surface area (Å²) in [5.74, 6) is 1.02. The Bertz CT molecular complexity index is 977. The van der Waals surface area contributed by atoms with E-state index in [2.05, 4.69) is 35.8 Å². The Balaban J connectivity index is 1.39. The average Bonchev–Trinajstić information content (AvgIpc) is 3.55. The first kappa shape index (κ1) is 23.2. The number of aromatic nitrogens is 1. The van der Waals surface area contributed by atoms with Gasteiger partial charge in [-0.1, -0.05) is 39.0 Å². The molecule has 1 saturated carbocycles. The molecule has 1 aliphatic carbocycles. The number of benzene rings is 1. The highest BCUT2D eigenvalue weighted by molar-refractivity contribution is 7.89. The van der Waals surface area contributed by atoms with E-state index in [0.717, 1.165) is 11.1 Å². The molecule has 7 nitrogen and oxygen atoms in total. The number of sulfonamides is 1. The standard InChI is InChI=1S/C23H31N3O4S/c1-23(2,3)19-7-9-20(10-8-19)31(28,29)26-13-12-21(27)24-14-18-6-11-22(25-15-18)30-16-17-4-5-17/h6-11,15,17,26H,4-5,12-14,16H2,1-3H3,(H,24,27). The predicted molar refractivity (Wildman–Crippen MR) is 119 cm³/mol. The number of hydrogen-bond donors (Lipinski definition) is 2. The quantitative estimate of drug-likeness (QED) is 0.586. The van der Waals surface area contributed by atoms with Crippen LogP contribution in [0, 0.1) is 5.92 Å². The molecule has 1 amide bonds. The molecule has 3 rings (SSSR count). The van der Waals surface area contributed by atoms with Crippen LogP contribution in [0.5, 0.6) is 5.88 Å². The van der Waals surface area contributed by atoms with Crippen LogP contribution in [-0.2, 0) is 26.8 Å². The van der Waals surface area contributed by atoms with E-state index in [0.29, 0.717) is 24.9 Å². The minimum absolute atomic E-state index is 0.0292. The molecule has 8 heteroatoms. The second kappa shape index (κ2) is 9.78. The van der Waals surface area contributed by atoms with Crippen LogP contribution >= 0.6 is 0 Å². The minimum Gasteiger partial charge on any atom is -0.477 e. The Morgan fingerprint density at radius 1 is 1.13 bits per heavy atom. The average molecular weight is 446 g/mol. The third-order valence-corrected chi connectivity index (χ3v) is 6.60. The van der Waals surface area contributed by atoms with Crippen LogP contribution in [0.3, 0.4) is 0 Å². The molecule has 2 aromatic rings. The van der Waals surface area contributed by atoms with Gasteiger partial charge in [0.15, 0.2) is 0 Å². The first-order valence-electron chi connectivity index (χ1n) is 10.6. The van der Waals surface area contributed by atoms with Gasteiger partial charge in [-0.25, -0.2) is 18.1 Å².